The highest BCUT2D eigenvalue weighted by molar-refractivity contribution is 14.1. The summed E-state index contributed by atoms with van der Waals surface area (Å²) in [5.41, 5.74) is 0. The van der Waals surface area contributed by atoms with Crippen LogP contribution in [0.25, 0.3) is 0 Å². The van der Waals surface area contributed by atoms with Crippen LogP contribution in [-0.4, -0.2) is 31.0 Å². The molecule has 1 saturated heterocycles. The molecule has 1 amide bonds. The van der Waals surface area contributed by atoms with Crippen LogP contribution >= 0.6 is 46.3 Å². The lowest BCUT2D eigenvalue weighted by Gasteiger charge is -2.10. The van der Waals surface area contributed by atoms with Gasteiger partial charge in [0, 0.05) is 17.8 Å². The summed E-state index contributed by atoms with van der Waals surface area (Å²) in [6, 6.07) is 3.27. The Morgan fingerprint density at radius 1 is 1.58 bits per heavy atom. The number of hydrogen-bond donors (Lipinski definition) is 2. The first-order valence-corrected chi connectivity index (χ1v) is 7.49. The number of rotatable bonds is 4. The first kappa shape index (κ1) is 17.1. The van der Waals surface area contributed by atoms with Gasteiger partial charge in [0.25, 0.3) is 5.92 Å². The van der Waals surface area contributed by atoms with Crippen LogP contribution in [0.15, 0.2) is 12.1 Å². The SMILES string of the molecule is Cl.O=C(NCCc1ccc(I)s1)C1CC(F)(F)CN1. The van der Waals surface area contributed by atoms with E-state index in [-0.39, 0.29) is 18.3 Å². The smallest absolute Gasteiger partial charge is 0.262 e. The van der Waals surface area contributed by atoms with Gasteiger partial charge >= 0.3 is 0 Å². The number of amides is 1. The second-order valence-electron chi connectivity index (χ2n) is 4.24. The Hall–Kier alpha value is 0.01000. The maximum absolute atomic E-state index is 12.9. The Labute approximate surface area is 134 Å². The molecule has 2 N–H and O–H groups in total. The van der Waals surface area contributed by atoms with Gasteiger partial charge in [0.2, 0.25) is 5.91 Å². The second-order valence-corrected chi connectivity index (χ2v) is 7.30. The van der Waals surface area contributed by atoms with Gasteiger partial charge in [0.1, 0.15) is 0 Å². The van der Waals surface area contributed by atoms with Gasteiger partial charge in [-0.15, -0.1) is 23.7 Å². The molecule has 2 rings (SSSR count). The molecule has 0 saturated carbocycles. The molecule has 1 aliphatic rings. The predicted octanol–water partition coefficient (Wildman–Crippen LogP) is 2.43. The van der Waals surface area contributed by atoms with Crippen molar-refractivity contribution < 1.29 is 13.6 Å². The van der Waals surface area contributed by atoms with Crippen molar-refractivity contribution in [3.63, 3.8) is 0 Å². The molecule has 8 heteroatoms. The largest absolute Gasteiger partial charge is 0.354 e. The van der Waals surface area contributed by atoms with Gasteiger partial charge in [-0.05, 0) is 41.1 Å². The van der Waals surface area contributed by atoms with Gasteiger partial charge in [-0.1, -0.05) is 0 Å². The normalized spacial score (nSPS) is 20.9. The van der Waals surface area contributed by atoms with Gasteiger partial charge in [0.15, 0.2) is 0 Å². The van der Waals surface area contributed by atoms with Crippen molar-refractivity contribution in [3.8, 4) is 0 Å². The fourth-order valence-electron chi connectivity index (χ4n) is 1.82. The Bertz CT molecular complexity index is 444. The van der Waals surface area contributed by atoms with Crippen molar-refractivity contribution in [2.75, 3.05) is 13.1 Å². The van der Waals surface area contributed by atoms with Crippen LogP contribution < -0.4 is 10.6 Å². The van der Waals surface area contributed by atoms with Crippen LogP contribution in [0.2, 0.25) is 0 Å². The van der Waals surface area contributed by atoms with Gasteiger partial charge in [0.05, 0.1) is 15.5 Å². The molecule has 1 aliphatic heterocycles. The first-order chi connectivity index (χ1) is 8.46. The second kappa shape index (κ2) is 7.14. The monoisotopic (exact) mass is 422 g/mol. The molecular formula is C11H14ClF2IN2OS. The molecule has 1 unspecified atom stereocenters. The highest BCUT2D eigenvalue weighted by Gasteiger charge is 2.42. The molecule has 1 aromatic heterocycles. The molecule has 1 fully saturated rings. The van der Waals surface area contributed by atoms with Gasteiger partial charge in [-0.25, -0.2) is 8.78 Å². The van der Waals surface area contributed by atoms with E-state index in [1.165, 1.54) is 7.76 Å². The molecule has 0 aromatic carbocycles. The van der Waals surface area contributed by atoms with Crippen LogP contribution in [0.4, 0.5) is 8.78 Å². The molecule has 0 aliphatic carbocycles. The van der Waals surface area contributed by atoms with Crippen LogP contribution in [0, 0.1) is 2.88 Å². The lowest BCUT2D eigenvalue weighted by Crippen LogP contribution is -2.41. The van der Waals surface area contributed by atoms with E-state index >= 15 is 0 Å². The highest BCUT2D eigenvalue weighted by atomic mass is 127. The third-order valence-electron chi connectivity index (χ3n) is 2.73. The van der Waals surface area contributed by atoms with E-state index in [2.05, 4.69) is 33.2 Å². The van der Waals surface area contributed by atoms with Crippen molar-refractivity contribution in [2.45, 2.75) is 24.8 Å². The maximum Gasteiger partial charge on any atom is 0.262 e. The van der Waals surface area contributed by atoms with Crippen molar-refractivity contribution in [1.82, 2.24) is 10.6 Å². The summed E-state index contributed by atoms with van der Waals surface area (Å²) in [6.07, 6.45) is 0.332. The van der Waals surface area contributed by atoms with Crippen molar-refractivity contribution in [3.05, 3.63) is 19.9 Å². The summed E-state index contributed by atoms with van der Waals surface area (Å²) in [7, 11) is 0. The molecule has 108 valence electrons. The van der Waals surface area contributed by atoms with E-state index in [4.69, 9.17) is 0 Å². The maximum atomic E-state index is 12.9. The molecule has 19 heavy (non-hydrogen) atoms. The van der Waals surface area contributed by atoms with Crippen molar-refractivity contribution >= 4 is 52.2 Å². The highest BCUT2D eigenvalue weighted by Crippen LogP contribution is 2.25. The Balaban J connectivity index is 0.00000180. The van der Waals surface area contributed by atoms with Crippen LogP contribution in [-0.2, 0) is 11.2 Å². The lowest BCUT2D eigenvalue weighted by molar-refractivity contribution is -0.123. The summed E-state index contributed by atoms with van der Waals surface area (Å²) >= 11 is 3.91. The fourth-order valence-corrected chi connectivity index (χ4v) is 3.57. The molecule has 0 bridgehead atoms. The van der Waals surface area contributed by atoms with Gasteiger partial charge < -0.3 is 5.32 Å². The average molecular weight is 423 g/mol. The number of thiophene rings is 1. The first-order valence-electron chi connectivity index (χ1n) is 5.59. The van der Waals surface area contributed by atoms with Crippen molar-refractivity contribution in [2.24, 2.45) is 0 Å². The topological polar surface area (TPSA) is 41.1 Å². The minimum atomic E-state index is -2.76. The van der Waals surface area contributed by atoms with Crippen LogP contribution in [0.3, 0.4) is 0 Å². The van der Waals surface area contributed by atoms with E-state index < -0.39 is 24.9 Å². The molecule has 1 atom stereocenters. The standard InChI is InChI=1S/C11H13F2IN2OS.ClH/c12-11(13)5-8(16-6-11)10(17)15-4-3-7-1-2-9(14)18-7;/h1-2,8,16H,3-6H2,(H,15,17);1H. The third-order valence-corrected chi connectivity index (χ3v) is 4.68. The van der Waals surface area contributed by atoms with Gasteiger partial charge in [-0.2, -0.15) is 0 Å². The van der Waals surface area contributed by atoms with E-state index in [9.17, 15) is 13.6 Å². The summed E-state index contributed by atoms with van der Waals surface area (Å²) in [6.45, 7) is 0.0768. The molecule has 3 nitrogen and oxygen atoms in total. The van der Waals surface area contributed by atoms with Crippen LogP contribution in [0.1, 0.15) is 11.3 Å². The Kier molecular flexibility index (Phi) is 6.41. The Morgan fingerprint density at radius 3 is 2.84 bits per heavy atom. The third kappa shape index (κ3) is 5.13. The minimum Gasteiger partial charge on any atom is -0.354 e. The zero-order valence-electron chi connectivity index (χ0n) is 9.92. The molecular weight excluding hydrogens is 409 g/mol. The van der Waals surface area contributed by atoms with Crippen molar-refractivity contribution in [1.29, 1.82) is 0 Å². The summed E-state index contributed by atoms with van der Waals surface area (Å²) in [4.78, 5) is 12.8. The Morgan fingerprint density at radius 2 is 2.32 bits per heavy atom. The molecule has 0 spiro atoms. The molecule has 1 aromatic rings. The lowest BCUT2D eigenvalue weighted by atomic mass is 10.2. The van der Waals surface area contributed by atoms with E-state index in [0.717, 1.165) is 6.42 Å². The van der Waals surface area contributed by atoms with E-state index in [1.807, 2.05) is 12.1 Å². The summed E-state index contributed by atoms with van der Waals surface area (Å²) < 4.78 is 27.0. The number of carbonyl (C=O) groups excluding carboxylic acids is 1. The average Bonchev–Trinajstić information content (AvgIpc) is 2.85. The van der Waals surface area contributed by atoms with Gasteiger partial charge in [-0.3, -0.25) is 10.1 Å². The van der Waals surface area contributed by atoms with E-state index in [0.29, 0.717) is 6.54 Å². The number of nitrogens with one attached hydrogen (secondary N) is 2. The zero-order valence-corrected chi connectivity index (χ0v) is 13.7. The quantitative estimate of drug-likeness (QED) is 0.732. The molecule has 2 heterocycles. The summed E-state index contributed by atoms with van der Waals surface area (Å²) in [5.74, 6) is -3.09. The number of halogens is 4. The molecule has 0 radical (unpaired) electrons. The zero-order chi connectivity index (χ0) is 13.2. The predicted molar refractivity (Wildman–Crippen MR) is 82.4 cm³/mol. The number of hydrogen-bond acceptors (Lipinski definition) is 3. The fraction of sp³-hybridized carbons (Fsp3) is 0.545. The van der Waals surface area contributed by atoms with E-state index in [1.54, 1.807) is 11.3 Å². The minimum absolute atomic E-state index is 0. The number of alkyl halides is 2. The summed E-state index contributed by atoms with van der Waals surface area (Å²) in [5, 5.41) is 5.23. The number of carbonyl (C=O) groups is 1. The van der Waals surface area contributed by atoms with Crippen LogP contribution in [0.5, 0.6) is 0 Å².